The van der Waals surface area contributed by atoms with Crippen LogP contribution in [0.25, 0.3) is 0 Å². The fourth-order valence-electron chi connectivity index (χ4n) is 1.60. The molecule has 1 heterocycles. The Labute approximate surface area is 125 Å². The first-order valence-corrected chi connectivity index (χ1v) is 6.45. The summed E-state index contributed by atoms with van der Waals surface area (Å²) in [5.74, 6) is 0.499. The van der Waals surface area contributed by atoms with Gasteiger partial charge in [0.2, 0.25) is 0 Å². The number of nitrogens with zero attached hydrogens (tertiary/aromatic N) is 2. The van der Waals surface area contributed by atoms with Gasteiger partial charge in [-0.3, -0.25) is 10.1 Å². The number of anilines is 1. The number of hydrogen-bond donors (Lipinski definition) is 2. The van der Waals surface area contributed by atoms with Crippen LogP contribution in [0.4, 0.5) is 15.9 Å². The molecular formula is C14H14FN3O4. The molecule has 0 bridgehead atoms. The monoisotopic (exact) mass is 307 g/mol. The molecule has 0 amide bonds. The summed E-state index contributed by atoms with van der Waals surface area (Å²) in [5.41, 5.74) is -0.106. The lowest BCUT2D eigenvalue weighted by Gasteiger charge is -2.13. The molecule has 116 valence electrons. The summed E-state index contributed by atoms with van der Waals surface area (Å²) in [6, 6.07) is 8.23. The summed E-state index contributed by atoms with van der Waals surface area (Å²) >= 11 is 0. The fraction of sp³-hybridized carbons (Fsp3) is 0.214. The third kappa shape index (κ3) is 4.67. The lowest BCUT2D eigenvalue weighted by molar-refractivity contribution is -0.385. The van der Waals surface area contributed by atoms with Crippen molar-refractivity contribution < 1.29 is 19.2 Å². The van der Waals surface area contributed by atoms with Gasteiger partial charge in [0.05, 0.1) is 4.92 Å². The number of nitro groups is 1. The molecule has 22 heavy (non-hydrogen) atoms. The lowest BCUT2D eigenvalue weighted by atomic mass is 10.3. The van der Waals surface area contributed by atoms with Crippen LogP contribution in [0.1, 0.15) is 0 Å². The van der Waals surface area contributed by atoms with Gasteiger partial charge in [-0.05, 0) is 30.3 Å². The van der Waals surface area contributed by atoms with Crippen molar-refractivity contribution in [3.05, 3.63) is 58.5 Å². The van der Waals surface area contributed by atoms with Crippen molar-refractivity contribution in [1.29, 1.82) is 0 Å². The van der Waals surface area contributed by atoms with Crippen molar-refractivity contribution in [1.82, 2.24) is 4.98 Å². The zero-order chi connectivity index (χ0) is 15.9. The fourth-order valence-corrected chi connectivity index (χ4v) is 1.60. The van der Waals surface area contributed by atoms with Crippen LogP contribution in [0.15, 0.2) is 42.6 Å². The molecule has 1 aromatic carbocycles. The van der Waals surface area contributed by atoms with Gasteiger partial charge in [0.15, 0.2) is 0 Å². The Morgan fingerprint density at radius 1 is 1.32 bits per heavy atom. The van der Waals surface area contributed by atoms with Gasteiger partial charge in [-0.1, -0.05) is 0 Å². The molecular weight excluding hydrogens is 293 g/mol. The van der Waals surface area contributed by atoms with E-state index in [1.807, 2.05) is 0 Å². The highest BCUT2D eigenvalue weighted by molar-refractivity contribution is 5.40. The summed E-state index contributed by atoms with van der Waals surface area (Å²) < 4.78 is 18.0. The van der Waals surface area contributed by atoms with Gasteiger partial charge in [0, 0.05) is 12.6 Å². The van der Waals surface area contributed by atoms with Crippen LogP contribution in [0.2, 0.25) is 0 Å². The van der Waals surface area contributed by atoms with Crippen molar-refractivity contribution in [3.8, 4) is 5.75 Å². The lowest BCUT2D eigenvalue weighted by Crippen LogP contribution is -2.26. The summed E-state index contributed by atoms with van der Waals surface area (Å²) in [6.45, 7) is 0.178. The number of pyridine rings is 1. The van der Waals surface area contributed by atoms with E-state index in [0.717, 1.165) is 6.20 Å². The van der Waals surface area contributed by atoms with Crippen molar-refractivity contribution in [3.63, 3.8) is 0 Å². The molecule has 1 aromatic heterocycles. The summed E-state index contributed by atoms with van der Waals surface area (Å²) in [4.78, 5) is 13.8. The number of nitrogens with one attached hydrogen (secondary N) is 1. The number of hydrogen-bond acceptors (Lipinski definition) is 6. The minimum Gasteiger partial charge on any atom is -0.491 e. The number of rotatable bonds is 7. The molecule has 2 rings (SSSR count). The molecule has 0 fully saturated rings. The maximum absolute atomic E-state index is 12.7. The van der Waals surface area contributed by atoms with Gasteiger partial charge in [0.1, 0.15) is 36.3 Å². The highest BCUT2D eigenvalue weighted by Crippen LogP contribution is 2.13. The van der Waals surface area contributed by atoms with E-state index in [2.05, 4.69) is 10.3 Å². The summed E-state index contributed by atoms with van der Waals surface area (Å²) in [6.07, 6.45) is 0.311. The van der Waals surface area contributed by atoms with Gasteiger partial charge in [-0.15, -0.1) is 0 Å². The molecule has 7 nitrogen and oxygen atoms in total. The largest absolute Gasteiger partial charge is 0.491 e. The molecule has 2 aromatic rings. The highest BCUT2D eigenvalue weighted by Gasteiger charge is 2.08. The van der Waals surface area contributed by atoms with Crippen LogP contribution >= 0.6 is 0 Å². The first kappa shape index (κ1) is 15.6. The van der Waals surface area contributed by atoms with Crippen LogP contribution in [0.3, 0.4) is 0 Å². The normalized spacial score (nSPS) is 11.7. The highest BCUT2D eigenvalue weighted by atomic mass is 19.1. The first-order valence-electron chi connectivity index (χ1n) is 6.45. The van der Waals surface area contributed by atoms with E-state index in [9.17, 15) is 19.6 Å². The smallest absolute Gasteiger partial charge is 0.287 e. The van der Waals surface area contributed by atoms with Crippen molar-refractivity contribution >= 4 is 11.5 Å². The Morgan fingerprint density at radius 3 is 2.64 bits per heavy atom. The molecule has 0 saturated carbocycles. The van der Waals surface area contributed by atoms with Gasteiger partial charge >= 0.3 is 0 Å². The van der Waals surface area contributed by atoms with Crippen molar-refractivity contribution in [2.24, 2.45) is 0 Å². The predicted molar refractivity (Wildman–Crippen MR) is 77.3 cm³/mol. The number of benzene rings is 1. The van der Waals surface area contributed by atoms with Gasteiger partial charge in [-0.25, -0.2) is 9.37 Å². The zero-order valence-electron chi connectivity index (χ0n) is 11.5. The maximum atomic E-state index is 12.7. The molecule has 0 aliphatic rings. The third-order valence-electron chi connectivity index (χ3n) is 2.73. The van der Waals surface area contributed by atoms with Gasteiger partial charge in [-0.2, -0.15) is 0 Å². The third-order valence-corrected chi connectivity index (χ3v) is 2.73. The van der Waals surface area contributed by atoms with Crippen LogP contribution in [0.5, 0.6) is 5.75 Å². The number of ether oxygens (including phenoxy) is 1. The molecule has 8 heteroatoms. The van der Waals surface area contributed by atoms with Crippen LogP contribution in [0, 0.1) is 15.9 Å². The Morgan fingerprint density at radius 2 is 2.05 bits per heavy atom. The van der Waals surface area contributed by atoms with E-state index in [1.54, 1.807) is 0 Å². The number of aromatic nitrogens is 1. The predicted octanol–water partition coefficient (Wildman–Crippen LogP) is 1.98. The van der Waals surface area contributed by atoms with E-state index in [1.165, 1.54) is 36.4 Å². The Kier molecular flexibility index (Phi) is 5.21. The molecule has 0 unspecified atom stereocenters. The summed E-state index contributed by atoms with van der Waals surface area (Å²) in [7, 11) is 0. The Bertz CT molecular complexity index is 619. The Hall–Kier alpha value is -2.74. The molecule has 0 aliphatic heterocycles. The van der Waals surface area contributed by atoms with E-state index < -0.39 is 11.0 Å². The molecule has 1 atom stereocenters. The number of halogens is 1. The van der Waals surface area contributed by atoms with Crippen LogP contribution in [-0.4, -0.2) is 34.3 Å². The second kappa shape index (κ2) is 7.32. The average Bonchev–Trinajstić information content (AvgIpc) is 2.52. The number of aliphatic hydroxyl groups is 1. The quantitative estimate of drug-likeness (QED) is 0.599. The summed E-state index contributed by atoms with van der Waals surface area (Å²) in [5, 5.41) is 23.1. The standard InChI is InChI=1S/C14H14FN3O4/c15-10-1-4-13(5-2-10)22-9-12(19)8-17-14-6-3-11(7-16-14)18(20)21/h1-7,12,19H,8-9H2,(H,16,17)/t12-/m1/s1. The second-order valence-electron chi connectivity index (χ2n) is 4.46. The second-order valence-corrected chi connectivity index (χ2v) is 4.46. The van der Waals surface area contributed by atoms with E-state index in [-0.39, 0.29) is 24.7 Å². The zero-order valence-corrected chi connectivity index (χ0v) is 11.5. The van der Waals surface area contributed by atoms with Gasteiger partial charge < -0.3 is 15.2 Å². The average molecular weight is 307 g/mol. The Balaban J connectivity index is 1.76. The minimum absolute atomic E-state index is 0.0195. The molecule has 0 radical (unpaired) electrons. The van der Waals surface area contributed by atoms with Gasteiger partial charge in [0.25, 0.3) is 5.69 Å². The van der Waals surface area contributed by atoms with Crippen molar-refractivity contribution in [2.75, 3.05) is 18.5 Å². The van der Waals surface area contributed by atoms with E-state index in [4.69, 9.17) is 4.74 Å². The van der Waals surface area contributed by atoms with Crippen molar-refractivity contribution in [2.45, 2.75) is 6.10 Å². The SMILES string of the molecule is O=[N+]([O-])c1ccc(NC[C@@H](O)COc2ccc(F)cc2)nc1. The molecule has 2 N–H and O–H groups in total. The number of aliphatic hydroxyl groups excluding tert-OH is 1. The van der Waals surface area contributed by atoms with E-state index >= 15 is 0 Å². The van der Waals surface area contributed by atoms with Crippen LogP contribution in [-0.2, 0) is 0 Å². The maximum Gasteiger partial charge on any atom is 0.287 e. The molecule has 0 spiro atoms. The van der Waals surface area contributed by atoms with E-state index in [0.29, 0.717) is 11.6 Å². The molecule has 0 saturated heterocycles. The van der Waals surface area contributed by atoms with Crippen LogP contribution < -0.4 is 10.1 Å². The molecule has 0 aliphatic carbocycles. The minimum atomic E-state index is -0.818. The first-order chi connectivity index (χ1) is 10.5. The topological polar surface area (TPSA) is 97.5 Å².